The van der Waals surface area contributed by atoms with Crippen LogP contribution in [-0.2, 0) is 6.42 Å². The quantitative estimate of drug-likeness (QED) is 0.415. The molecule has 208 valence electrons. The molecule has 2 heterocycles. The van der Waals surface area contributed by atoms with Gasteiger partial charge in [-0.2, -0.15) is 13.2 Å². The zero-order valence-electron chi connectivity index (χ0n) is 21.5. The molecule has 2 atom stereocenters. The first-order valence-electron chi connectivity index (χ1n) is 12.8. The number of primary amides is 1. The molecule has 5 N–H and O–H groups in total. The van der Waals surface area contributed by atoms with E-state index < -0.39 is 18.2 Å². The Morgan fingerprint density at radius 1 is 1.18 bits per heavy atom. The highest BCUT2D eigenvalue weighted by Gasteiger charge is 2.46. The van der Waals surface area contributed by atoms with Crippen LogP contribution >= 0.6 is 0 Å². The summed E-state index contributed by atoms with van der Waals surface area (Å²) in [6, 6.07) is 13.1. The Labute approximate surface area is 229 Å². The Morgan fingerprint density at radius 3 is 2.52 bits per heavy atom. The minimum Gasteiger partial charge on any atom is -0.481 e. The molecule has 1 aliphatic heterocycles. The number of amides is 1. The predicted molar refractivity (Wildman–Crippen MR) is 141 cm³/mol. The average molecular weight is 552 g/mol. The lowest BCUT2D eigenvalue weighted by Gasteiger charge is -2.42. The van der Waals surface area contributed by atoms with Crippen LogP contribution in [-0.4, -0.2) is 46.9 Å². The molecule has 1 aromatic heterocycles. The first-order valence-corrected chi connectivity index (χ1v) is 12.8. The Kier molecular flexibility index (Phi) is 7.40. The Balaban J connectivity index is 1.21. The molecule has 0 saturated carbocycles. The van der Waals surface area contributed by atoms with Gasteiger partial charge in [-0.05, 0) is 59.4 Å². The van der Waals surface area contributed by atoms with E-state index in [2.05, 4.69) is 33.9 Å². The first-order chi connectivity index (χ1) is 19.1. The van der Waals surface area contributed by atoms with Gasteiger partial charge >= 0.3 is 6.18 Å². The van der Waals surface area contributed by atoms with Crippen LogP contribution in [0.4, 0.5) is 19.0 Å². The lowest BCUT2D eigenvalue weighted by Crippen LogP contribution is -2.45. The van der Waals surface area contributed by atoms with Gasteiger partial charge in [0, 0.05) is 19.1 Å². The fourth-order valence-electron chi connectivity index (χ4n) is 5.49. The van der Waals surface area contributed by atoms with Crippen molar-refractivity contribution in [2.24, 2.45) is 16.9 Å². The summed E-state index contributed by atoms with van der Waals surface area (Å²) in [5.74, 6) is 5.48. The van der Waals surface area contributed by atoms with E-state index in [-0.39, 0.29) is 40.8 Å². The maximum atomic E-state index is 12.6. The third-order valence-electron chi connectivity index (χ3n) is 7.67. The van der Waals surface area contributed by atoms with Crippen LogP contribution in [0.25, 0.3) is 0 Å². The number of hydrogen-bond donors (Lipinski definition) is 3. The van der Waals surface area contributed by atoms with Gasteiger partial charge in [-0.1, -0.05) is 42.3 Å². The van der Waals surface area contributed by atoms with Gasteiger partial charge in [0.05, 0.1) is 6.20 Å². The molecule has 3 aromatic rings. The summed E-state index contributed by atoms with van der Waals surface area (Å²) in [5, 5.41) is 9.30. The van der Waals surface area contributed by atoms with Crippen molar-refractivity contribution in [1.82, 2.24) is 9.97 Å². The molecule has 1 saturated heterocycles. The molecular formula is C29H28F3N5O3. The van der Waals surface area contributed by atoms with Crippen LogP contribution in [0, 0.1) is 17.3 Å². The first kappa shape index (κ1) is 27.4. The number of aliphatic hydroxyl groups is 1. The van der Waals surface area contributed by atoms with Gasteiger partial charge in [0.25, 0.3) is 5.91 Å². The second kappa shape index (κ2) is 10.8. The molecule has 8 nitrogen and oxygen atoms in total. The molecule has 1 fully saturated rings. The minimum atomic E-state index is -4.75. The Bertz CT molecular complexity index is 1460. The number of alkyl halides is 3. The van der Waals surface area contributed by atoms with Gasteiger partial charge < -0.3 is 26.2 Å². The number of halogens is 3. The van der Waals surface area contributed by atoms with E-state index in [9.17, 15) is 23.1 Å². The number of piperidine rings is 1. The zero-order valence-corrected chi connectivity index (χ0v) is 21.5. The van der Waals surface area contributed by atoms with Crippen molar-refractivity contribution < 1.29 is 27.8 Å². The summed E-state index contributed by atoms with van der Waals surface area (Å²) in [7, 11) is 0. The Morgan fingerprint density at radius 2 is 1.88 bits per heavy atom. The summed E-state index contributed by atoms with van der Waals surface area (Å²) >= 11 is 0. The third kappa shape index (κ3) is 5.46. The number of hydrogen-bond acceptors (Lipinski definition) is 7. The molecule has 2 aliphatic rings. The van der Waals surface area contributed by atoms with Crippen LogP contribution in [0.5, 0.6) is 5.75 Å². The highest BCUT2D eigenvalue weighted by Crippen LogP contribution is 2.51. The van der Waals surface area contributed by atoms with Gasteiger partial charge in [-0.3, -0.25) is 4.79 Å². The number of nitrogens with zero attached hydrogens (tertiary/aromatic N) is 3. The predicted octanol–water partition coefficient (Wildman–Crippen LogP) is 3.44. The number of anilines is 1. The van der Waals surface area contributed by atoms with Crippen LogP contribution in [0.3, 0.4) is 0 Å². The topological polar surface area (TPSA) is 128 Å². The summed E-state index contributed by atoms with van der Waals surface area (Å²) < 4.78 is 43.3. The summed E-state index contributed by atoms with van der Waals surface area (Å²) in [4.78, 5) is 23.0. The summed E-state index contributed by atoms with van der Waals surface area (Å²) in [5.41, 5.74) is 14.7. The highest BCUT2D eigenvalue weighted by molar-refractivity contribution is 5.95. The number of nitrogens with two attached hydrogens (primary N) is 2. The molecule has 1 amide bonds. The number of rotatable bonds is 5. The smallest absolute Gasteiger partial charge is 0.418 e. The number of aliphatic hydroxyl groups excluding tert-OH is 1. The van der Waals surface area contributed by atoms with Gasteiger partial charge in [0.1, 0.15) is 18.1 Å². The summed E-state index contributed by atoms with van der Waals surface area (Å²) in [6.45, 7) is 1.23. The fraction of sp³-hybridized carbons (Fsp3) is 0.345. The molecule has 5 rings (SSSR count). The molecule has 40 heavy (non-hydrogen) atoms. The van der Waals surface area contributed by atoms with Gasteiger partial charge in [0.2, 0.25) is 0 Å². The SMILES string of the molecule is NC(=O)c1nc(C#CCOc2ccc(C(O)C(F)(F)F)cc2)cnc1N1CCC2(CC1)Cc1ccccc1[C@H]2N. The largest absolute Gasteiger partial charge is 0.481 e. The van der Waals surface area contributed by atoms with Gasteiger partial charge in [0.15, 0.2) is 17.6 Å². The normalized spacial score (nSPS) is 18.5. The number of carbonyl (C=O) groups excluding carboxylic acids is 1. The van der Waals surface area contributed by atoms with Gasteiger partial charge in [-0.25, -0.2) is 9.97 Å². The van der Waals surface area contributed by atoms with Crippen molar-refractivity contribution in [3.63, 3.8) is 0 Å². The number of carbonyl (C=O) groups is 1. The van der Waals surface area contributed by atoms with Gasteiger partial charge in [-0.15, -0.1) is 0 Å². The van der Waals surface area contributed by atoms with E-state index in [1.54, 1.807) is 0 Å². The molecular weight excluding hydrogens is 523 g/mol. The lowest BCUT2D eigenvalue weighted by molar-refractivity contribution is -0.206. The van der Waals surface area contributed by atoms with Crippen LogP contribution in [0.2, 0.25) is 0 Å². The standard InChI is InChI=1S/C29H28F3N5O3/c30-29(31,32)25(38)18-7-9-21(10-8-18)40-15-3-5-20-17-35-27(23(36-20)26(34)39)37-13-11-28(12-14-37)16-19-4-1-2-6-22(19)24(28)33/h1-2,4,6-10,17,24-25,38H,11-16,33H2,(H2,34,39)/t24-,25?/m1/s1. The molecule has 0 radical (unpaired) electrons. The van der Waals surface area contributed by atoms with E-state index in [1.165, 1.54) is 29.5 Å². The molecule has 1 unspecified atom stereocenters. The third-order valence-corrected chi connectivity index (χ3v) is 7.67. The Hall–Kier alpha value is -4.14. The molecule has 2 aromatic carbocycles. The average Bonchev–Trinajstić information content (AvgIpc) is 3.21. The fourth-order valence-corrected chi connectivity index (χ4v) is 5.49. The summed E-state index contributed by atoms with van der Waals surface area (Å²) in [6.07, 6.45) is -3.23. The van der Waals surface area contributed by atoms with Crippen molar-refractivity contribution >= 4 is 11.7 Å². The number of aromatic nitrogens is 2. The molecule has 0 bridgehead atoms. The second-order valence-corrected chi connectivity index (χ2v) is 10.1. The maximum Gasteiger partial charge on any atom is 0.418 e. The highest BCUT2D eigenvalue weighted by atomic mass is 19.4. The van der Waals surface area contributed by atoms with Crippen LogP contribution in [0.15, 0.2) is 54.7 Å². The van der Waals surface area contributed by atoms with E-state index in [0.29, 0.717) is 18.9 Å². The molecule has 1 spiro atoms. The van der Waals surface area contributed by atoms with Crippen LogP contribution < -0.4 is 21.1 Å². The number of fused-ring (bicyclic) bond motifs is 1. The maximum absolute atomic E-state index is 12.6. The molecule has 11 heteroatoms. The lowest BCUT2D eigenvalue weighted by atomic mass is 9.73. The number of benzene rings is 2. The number of ether oxygens (including phenoxy) is 1. The van der Waals surface area contributed by atoms with Crippen molar-refractivity contribution in [3.8, 4) is 17.6 Å². The second-order valence-electron chi connectivity index (χ2n) is 10.1. The monoisotopic (exact) mass is 551 g/mol. The van der Waals surface area contributed by atoms with Crippen molar-refractivity contribution in [2.75, 3.05) is 24.6 Å². The molecule has 1 aliphatic carbocycles. The van der Waals surface area contributed by atoms with Crippen molar-refractivity contribution in [2.45, 2.75) is 37.6 Å². The van der Waals surface area contributed by atoms with Crippen molar-refractivity contribution in [3.05, 3.63) is 82.8 Å². The zero-order chi connectivity index (χ0) is 28.5. The van der Waals surface area contributed by atoms with E-state index in [4.69, 9.17) is 16.2 Å². The van der Waals surface area contributed by atoms with E-state index in [0.717, 1.165) is 31.4 Å². The van der Waals surface area contributed by atoms with E-state index in [1.807, 2.05) is 17.0 Å². The van der Waals surface area contributed by atoms with Crippen LogP contribution in [0.1, 0.15) is 57.9 Å². The van der Waals surface area contributed by atoms with E-state index >= 15 is 0 Å². The van der Waals surface area contributed by atoms with Crippen molar-refractivity contribution in [1.29, 1.82) is 0 Å². The minimum absolute atomic E-state index is 0.0234.